The van der Waals surface area contributed by atoms with Gasteiger partial charge in [0.15, 0.2) is 5.69 Å². The molecule has 0 radical (unpaired) electrons. The smallest absolute Gasteiger partial charge is 0.321 e. The molecular weight excluding hydrogens is 274 g/mol. The zero-order valence-corrected chi connectivity index (χ0v) is 10.5. The fourth-order valence-corrected chi connectivity index (χ4v) is 2.63. The molecule has 1 rings (SSSR count). The molecule has 0 aromatic carbocycles. The van der Waals surface area contributed by atoms with Gasteiger partial charge in [0.1, 0.15) is 17.0 Å². The maximum absolute atomic E-state index is 12.0. The van der Waals surface area contributed by atoms with Crippen LogP contribution in [0.25, 0.3) is 0 Å². The van der Waals surface area contributed by atoms with Crippen LogP contribution in [0.5, 0.6) is 0 Å². The number of aromatic nitrogens is 1. The summed E-state index contributed by atoms with van der Waals surface area (Å²) in [5.74, 6) is -1.42. The van der Waals surface area contributed by atoms with Crippen molar-refractivity contribution in [2.75, 3.05) is 6.61 Å². The summed E-state index contributed by atoms with van der Waals surface area (Å²) in [6, 6.07) is 2.60. The van der Waals surface area contributed by atoms with Gasteiger partial charge in [-0.05, 0) is 18.6 Å². The molecule has 1 unspecified atom stereocenters. The minimum Gasteiger partial charge on any atom is -0.480 e. The average molecular weight is 285 g/mol. The summed E-state index contributed by atoms with van der Waals surface area (Å²) in [7, 11) is -4.20. The van der Waals surface area contributed by atoms with Crippen molar-refractivity contribution in [1.29, 1.82) is 5.26 Å². The molecule has 0 fully saturated rings. The van der Waals surface area contributed by atoms with E-state index in [9.17, 15) is 13.2 Å². The van der Waals surface area contributed by atoms with E-state index in [0.29, 0.717) is 0 Å². The molecule has 0 aliphatic heterocycles. The van der Waals surface area contributed by atoms with Gasteiger partial charge in [-0.15, -0.1) is 0 Å². The van der Waals surface area contributed by atoms with Crippen LogP contribution >= 0.6 is 0 Å². The Morgan fingerprint density at radius 3 is 2.79 bits per heavy atom. The summed E-state index contributed by atoms with van der Waals surface area (Å²) in [6.45, 7) is -0.488. The van der Waals surface area contributed by atoms with E-state index in [-0.39, 0.29) is 12.1 Å². The third-order valence-corrected chi connectivity index (χ3v) is 3.68. The first-order valence-corrected chi connectivity index (χ1v) is 6.62. The third-order valence-electron chi connectivity index (χ3n) is 2.18. The molecule has 102 valence electrons. The predicted molar refractivity (Wildman–Crippen MR) is 62.4 cm³/mol. The number of hydrogen-bond donors (Lipinski definition) is 3. The fraction of sp³-hybridized carbons (Fsp3) is 0.300. The average Bonchev–Trinajstić information content (AvgIpc) is 2.38. The van der Waals surface area contributed by atoms with Gasteiger partial charge < -0.3 is 10.2 Å². The van der Waals surface area contributed by atoms with Gasteiger partial charge in [0.05, 0.1) is 0 Å². The lowest BCUT2D eigenvalue weighted by Crippen LogP contribution is -2.41. The Bertz CT molecular complexity index is 608. The van der Waals surface area contributed by atoms with Crippen LogP contribution in [0, 0.1) is 11.3 Å². The molecule has 1 aromatic rings. The highest BCUT2D eigenvalue weighted by Gasteiger charge is 2.27. The van der Waals surface area contributed by atoms with Crippen LogP contribution in [0.3, 0.4) is 0 Å². The van der Waals surface area contributed by atoms with E-state index in [1.807, 2.05) is 4.72 Å². The number of carbonyl (C=O) groups is 1. The number of sulfonamides is 1. The van der Waals surface area contributed by atoms with Crippen LogP contribution < -0.4 is 4.72 Å². The highest BCUT2D eigenvalue weighted by Crippen LogP contribution is 2.12. The fourth-order valence-electron chi connectivity index (χ4n) is 1.30. The molecule has 0 saturated carbocycles. The molecule has 0 spiro atoms. The number of pyridine rings is 1. The van der Waals surface area contributed by atoms with E-state index in [4.69, 9.17) is 15.5 Å². The number of hydrogen-bond acceptors (Lipinski definition) is 6. The van der Waals surface area contributed by atoms with Crippen molar-refractivity contribution >= 4 is 16.0 Å². The van der Waals surface area contributed by atoms with E-state index < -0.39 is 33.5 Å². The van der Waals surface area contributed by atoms with E-state index in [1.54, 1.807) is 6.07 Å². The summed E-state index contributed by atoms with van der Waals surface area (Å²) in [4.78, 5) is 14.0. The van der Waals surface area contributed by atoms with Crippen molar-refractivity contribution in [2.24, 2.45) is 0 Å². The lowest BCUT2D eigenvalue weighted by atomic mass is 10.2. The SMILES string of the molecule is N#Cc1ncccc1S(=O)(=O)NC(CCO)C(=O)O. The quantitative estimate of drug-likeness (QED) is 0.613. The molecule has 1 aromatic heterocycles. The van der Waals surface area contributed by atoms with Crippen molar-refractivity contribution in [3.63, 3.8) is 0 Å². The number of nitriles is 1. The van der Waals surface area contributed by atoms with Crippen LogP contribution in [0.2, 0.25) is 0 Å². The van der Waals surface area contributed by atoms with Crippen molar-refractivity contribution in [3.05, 3.63) is 24.0 Å². The van der Waals surface area contributed by atoms with Gasteiger partial charge in [0.2, 0.25) is 10.0 Å². The molecule has 0 bridgehead atoms. The normalized spacial score (nSPS) is 12.6. The van der Waals surface area contributed by atoms with Crippen LogP contribution in [-0.2, 0) is 14.8 Å². The largest absolute Gasteiger partial charge is 0.480 e. The topological polar surface area (TPSA) is 140 Å². The monoisotopic (exact) mass is 285 g/mol. The number of aliphatic carboxylic acids is 1. The second kappa shape index (κ2) is 6.24. The van der Waals surface area contributed by atoms with Crippen molar-refractivity contribution < 1.29 is 23.4 Å². The molecule has 3 N–H and O–H groups in total. The first-order chi connectivity index (χ1) is 8.92. The van der Waals surface area contributed by atoms with E-state index >= 15 is 0 Å². The maximum atomic E-state index is 12.0. The molecule has 9 heteroatoms. The zero-order valence-electron chi connectivity index (χ0n) is 9.65. The summed E-state index contributed by atoms with van der Waals surface area (Å²) in [5, 5.41) is 26.3. The number of carboxylic acids is 1. The summed E-state index contributed by atoms with van der Waals surface area (Å²) in [6.07, 6.45) is 0.969. The Labute approximate surface area is 109 Å². The minimum absolute atomic E-state index is 0.281. The molecule has 0 aliphatic carbocycles. The van der Waals surface area contributed by atoms with E-state index in [1.165, 1.54) is 12.3 Å². The van der Waals surface area contributed by atoms with Crippen molar-refractivity contribution in [1.82, 2.24) is 9.71 Å². The lowest BCUT2D eigenvalue weighted by molar-refractivity contribution is -0.139. The van der Waals surface area contributed by atoms with Gasteiger partial charge in [-0.25, -0.2) is 13.4 Å². The first kappa shape index (κ1) is 15.0. The number of aliphatic hydroxyl groups is 1. The zero-order chi connectivity index (χ0) is 14.5. The second-order valence-corrected chi connectivity index (χ2v) is 5.17. The molecule has 1 atom stereocenters. The predicted octanol–water partition coefficient (Wildman–Crippen LogP) is -0.933. The van der Waals surface area contributed by atoms with Gasteiger partial charge in [0.25, 0.3) is 0 Å². The standard InChI is InChI=1S/C10H11N3O5S/c11-6-8-9(2-1-4-12-8)19(17,18)13-7(3-5-14)10(15)16/h1-2,4,7,13-14H,3,5H2,(H,15,16). The molecule has 0 amide bonds. The molecule has 0 saturated heterocycles. The van der Waals surface area contributed by atoms with Crippen molar-refractivity contribution in [2.45, 2.75) is 17.4 Å². The lowest BCUT2D eigenvalue weighted by Gasteiger charge is -2.13. The van der Waals surface area contributed by atoms with E-state index in [2.05, 4.69) is 4.98 Å². The van der Waals surface area contributed by atoms with E-state index in [0.717, 1.165) is 6.07 Å². The maximum Gasteiger partial charge on any atom is 0.321 e. The Morgan fingerprint density at radius 1 is 1.58 bits per heavy atom. The van der Waals surface area contributed by atoms with Crippen LogP contribution in [0.15, 0.2) is 23.2 Å². The highest BCUT2D eigenvalue weighted by atomic mass is 32.2. The van der Waals surface area contributed by atoms with Crippen LogP contribution in [0.1, 0.15) is 12.1 Å². The van der Waals surface area contributed by atoms with Gasteiger partial charge in [-0.1, -0.05) is 0 Å². The number of aliphatic hydroxyl groups excluding tert-OH is 1. The van der Waals surface area contributed by atoms with Gasteiger partial charge in [0, 0.05) is 12.8 Å². The van der Waals surface area contributed by atoms with Crippen molar-refractivity contribution in [3.8, 4) is 6.07 Å². The molecule has 0 aliphatic rings. The Hall–Kier alpha value is -2.02. The Morgan fingerprint density at radius 2 is 2.26 bits per heavy atom. The Balaban J connectivity index is 3.11. The first-order valence-electron chi connectivity index (χ1n) is 5.13. The number of carboxylic acid groups (broad SMARTS) is 1. The molecular formula is C10H11N3O5S. The summed E-state index contributed by atoms with van der Waals surface area (Å²) < 4.78 is 25.8. The van der Waals surface area contributed by atoms with Gasteiger partial charge in [-0.2, -0.15) is 9.98 Å². The molecule has 19 heavy (non-hydrogen) atoms. The summed E-state index contributed by atoms with van der Waals surface area (Å²) >= 11 is 0. The second-order valence-electron chi connectivity index (χ2n) is 3.49. The number of rotatable bonds is 6. The Kier molecular flexibility index (Phi) is 4.94. The van der Waals surface area contributed by atoms with Crippen LogP contribution in [0.4, 0.5) is 0 Å². The van der Waals surface area contributed by atoms with Gasteiger partial charge in [-0.3, -0.25) is 4.79 Å². The minimum atomic E-state index is -4.20. The third kappa shape index (κ3) is 3.72. The highest BCUT2D eigenvalue weighted by molar-refractivity contribution is 7.89. The number of nitrogens with one attached hydrogen (secondary N) is 1. The van der Waals surface area contributed by atoms with Crippen LogP contribution in [-0.4, -0.2) is 42.2 Å². The number of nitrogens with zero attached hydrogens (tertiary/aromatic N) is 2. The van der Waals surface area contributed by atoms with Gasteiger partial charge >= 0.3 is 5.97 Å². The summed E-state index contributed by atoms with van der Waals surface area (Å²) in [5.41, 5.74) is -0.330. The molecule has 8 nitrogen and oxygen atoms in total. The molecule has 1 heterocycles.